The summed E-state index contributed by atoms with van der Waals surface area (Å²) in [7, 11) is 1.67. The SMILES string of the molecule is CN1CCC(NC(=O)c2ccc(OC(F)F)cc2)C1=O. The lowest BCUT2D eigenvalue weighted by Crippen LogP contribution is -2.40. The summed E-state index contributed by atoms with van der Waals surface area (Å²) < 4.78 is 28.2. The summed E-state index contributed by atoms with van der Waals surface area (Å²) in [5, 5.41) is 2.62. The molecule has 0 radical (unpaired) electrons. The van der Waals surface area contributed by atoms with E-state index in [1.807, 2.05) is 0 Å². The third-order valence-electron chi connectivity index (χ3n) is 3.07. The number of benzene rings is 1. The average molecular weight is 284 g/mol. The maximum Gasteiger partial charge on any atom is 0.387 e. The van der Waals surface area contributed by atoms with E-state index >= 15 is 0 Å². The van der Waals surface area contributed by atoms with Crippen LogP contribution >= 0.6 is 0 Å². The Bertz CT molecular complexity index is 505. The molecule has 7 heteroatoms. The predicted octanol–water partition coefficient (Wildman–Crippen LogP) is 1.25. The molecule has 20 heavy (non-hydrogen) atoms. The van der Waals surface area contributed by atoms with E-state index in [1.165, 1.54) is 24.3 Å². The van der Waals surface area contributed by atoms with Crippen LogP contribution in [0.15, 0.2) is 24.3 Å². The van der Waals surface area contributed by atoms with Crippen molar-refractivity contribution in [3.8, 4) is 5.75 Å². The normalized spacial score (nSPS) is 18.5. The van der Waals surface area contributed by atoms with Gasteiger partial charge >= 0.3 is 6.61 Å². The van der Waals surface area contributed by atoms with Gasteiger partial charge in [0.05, 0.1) is 0 Å². The first kappa shape index (κ1) is 14.2. The smallest absolute Gasteiger partial charge is 0.387 e. The third-order valence-corrected chi connectivity index (χ3v) is 3.07. The van der Waals surface area contributed by atoms with Gasteiger partial charge in [-0.15, -0.1) is 0 Å². The van der Waals surface area contributed by atoms with Crippen molar-refractivity contribution in [3.05, 3.63) is 29.8 Å². The topological polar surface area (TPSA) is 58.6 Å². The summed E-state index contributed by atoms with van der Waals surface area (Å²) >= 11 is 0. The van der Waals surface area contributed by atoms with Gasteiger partial charge in [-0.05, 0) is 30.7 Å². The fourth-order valence-corrected chi connectivity index (χ4v) is 1.99. The molecule has 1 aromatic carbocycles. The lowest BCUT2D eigenvalue weighted by Gasteiger charge is -2.12. The van der Waals surface area contributed by atoms with Gasteiger partial charge in [0, 0.05) is 19.2 Å². The molecule has 5 nitrogen and oxygen atoms in total. The number of nitrogens with one attached hydrogen (secondary N) is 1. The highest BCUT2D eigenvalue weighted by Crippen LogP contribution is 2.15. The minimum absolute atomic E-state index is 0.0202. The first-order valence-corrected chi connectivity index (χ1v) is 6.08. The molecule has 108 valence electrons. The molecule has 1 N–H and O–H groups in total. The zero-order valence-corrected chi connectivity index (χ0v) is 10.8. The monoisotopic (exact) mass is 284 g/mol. The summed E-state index contributed by atoms with van der Waals surface area (Å²) in [5.41, 5.74) is 0.286. The zero-order chi connectivity index (χ0) is 14.7. The number of carbonyl (C=O) groups is 2. The van der Waals surface area contributed by atoms with Gasteiger partial charge in [0.25, 0.3) is 5.91 Å². The van der Waals surface area contributed by atoms with Gasteiger partial charge in [-0.25, -0.2) is 0 Å². The molecule has 1 unspecified atom stereocenters. The van der Waals surface area contributed by atoms with E-state index in [0.717, 1.165) is 0 Å². The number of amides is 2. The van der Waals surface area contributed by atoms with Crippen LogP contribution in [0.4, 0.5) is 8.78 Å². The lowest BCUT2D eigenvalue weighted by molar-refractivity contribution is -0.128. The number of likely N-dealkylation sites (tertiary alicyclic amines) is 1. The van der Waals surface area contributed by atoms with Crippen LogP contribution in [0.3, 0.4) is 0 Å². The third kappa shape index (κ3) is 3.23. The molecule has 0 saturated carbocycles. The van der Waals surface area contributed by atoms with Crippen molar-refractivity contribution in [1.82, 2.24) is 10.2 Å². The van der Waals surface area contributed by atoms with Crippen LogP contribution in [-0.4, -0.2) is 43.0 Å². The summed E-state index contributed by atoms with van der Waals surface area (Å²) in [4.78, 5) is 25.1. The summed E-state index contributed by atoms with van der Waals surface area (Å²) in [6.07, 6.45) is 0.563. The van der Waals surface area contributed by atoms with E-state index in [4.69, 9.17) is 0 Å². The van der Waals surface area contributed by atoms with Crippen molar-refractivity contribution < 1.29 is 23.1 Å². The molecular weight excluding hydrogens is 270 g/mol. The molecule has 0 aromatic heterocycles. The van der Waals surface area contributed by atoms with E-state index in [0.29, 0.717) is 13.0 Å². The van der Waals surface area contributed by atoms with Crippen molar-refractivity contribution >= 4 is 11.8 Å². The van der Waals surface area contributed by atoms with Gasteiger partial charge in [0.1, 0.15) is 11.8 Å². The van der Waals surface area contributed by atoms with Crippen LogP contribution < -0.4 is 10.1 Å². The van der Waals surface area contributed by atoms with Crippen LogP contribution in [0.5, 0.6) is 5.75 Å². The second-order valence-corrected chi connectivity index (χ2v) is 4.48. The van der Waals surface area contributed by atoms with E-state index in [1.54, 1.807) is 11.9 Å². The fraction of sp³-hybridized carbons (Fsp3) is 0.385. The lowest BCUT2D eigenvalue weighted by atomic mass is 10.1. The van der Waals surface area contributed by atoms with Gasteiger partial charge < -0.3 is 15.0 Å². The van der Waals surface area contributed by atoms with Crippen molar-refractivity contribution in [2.24, 2.45) is 0 Å². The maximum atomic E-state index is 12.0. The predicted molar refractivity (Wildman–Crippen MR) is 66.6 cm³/mol. The summed E-state index contributed by atoms with van der Waals surface area (Å²) in [6, 6.07) is 4.78. The summed E-state index contributed by atoms with van der Waals surface area (Å²) in [6.45, 7) is -2.30. The van der Waals surface area contributed by atoms with Gasteiger partial charge in [0.15, 0.2) is 0 Å². The second-order valence-electron chi connectivity index (χ2n) is 4.48. The van der Waals surface area contributed by atoms with Crippen molar-refractivity contribution in [3.63, 3.8) is 0 Å². The highest BCUT2D eigenvalue weighted by molar-refractivity contribution is 5.98. The van der Waals surface area contributed by atoms with Gasteiger partial charge in [-0.2, -0.15) is 8.78 Å². The first-order valence-electron chi connectivity index (χ1n) is 6.08. The maximum absolute atomic E-state index is 12.0. The number of nitrogens with zero attached hydrogens (tertiary/aromatic N) is 1. The fourth-order valence-electron chi connectivity index (χ4n) is 1.99. The van der Waals surface area contributed by atoms with Crippen LogP contribution in [0.25, 0.3) is 0 Å². The van der Waals surface area contributed by atoms with Crippen molar-refractivity contribution in [1.29, 1.82) is 0 Å². The molecule has 1 atom stereocenters. The molecule has 1 aliphatic rings. The Morgan fingerprint density at radius 2 is 2.05 bits per heavy atom. The minimum Gasteiger partial charge on any atom is -0.435 e. The minimum atomic E-state index is -2.90. The molecule has 1 saturated heterocycles. The molecule has 2 amide bonds. The van der Waals surface area contributed by atoms with E-state index in [9.17, 15) is 18.4 Å². The summed E-state index contributed by atoms with van der Waals surface area (Å²) in [5.74, 6) is -0.563. The molecule has 0 aliphatic carbocycles. The number of ether oxygens (including phenoxy) is 1. The Labute approximate surface area is 114 Å². The number of hydrogen-bond acceptors (Lipinski definition) is 3. The highest BCUT2D eigenvalue weighted by atomic mass is 19.3. The Hall–Kier alpha value is -2.18. The van der Waals surface area contributed by atoms with E-state index < -0.39 is 18.6 Å². The molecular formula is C13H14F2N2O3. The molecule has 1 heterocycles. The molecule has 0 spiro atoms. The van der Waals surface area contributed by atoms with E-state index in [2.05, 4.69) is 10.1 Å². The molecule has 1 aliphatic heterocycles. The van der Waals surface area contributed by atoms with Gasteiger partial charge in [0.2, 0.25) is 5.91 Å². The Kier molecular flexibility index (Phi) is 4.16. The standard InChI is InChI=1S/C13H14F2N2O3/c1-17-7-6-10(12(17)19)16-11(18)8-2-4-9(5-3-8)20-13(14)15/h2-5,10,13H,6-7H2,1H3,(H,16,18). The van der Waals surface area contributed by atoms with Crippen LogP contribution in [0.1, 0.15) is 16.8 Å². The van der Waals surface area contributed by atoms with Crippen LogP contribution in [0, 0.1) is 0 Å². The number of alkyl halides is 2. The van der Waals surface area contributed by atoms with Crippen LogP contribution in [0.2, 0.25) is 0 Å². The largest absolute Gasteiger partial charge is 0.435 e. The Morgan fingerprint density at radius 1 is 1.40 bits per heavy atom. The number of carbonyl (C=O) groups excluding carboxylic acids is 2. The van der Waals surface area contributed by atoms with Crippen molar-refractivity contribution in [2.45, 2.75) is 19.1 Å². The van der Waals surface area contributed by atoms with Crippen molar-refractivity contribution in [2.75, 3.05) is 13.6 Å². The number of likely N-dealkylation sites (N-methyl/N-ethyl adjacent to an activating group) is 1. The van der Waals surface area contributed by atoms with Crippen LogP contribution in [-0.2, 0) is 4.79 Å². The molecule has 1 aromatic rings. The Balaban J connectivity index is 1.97. The Morgan fingerprint density at radius 3 is 2.55 bits per heavy atom. The molecule has 0 bridgehead atoms. The second kappa shape index (κ2) is 5.85. The molecule has 1 fully saturated rings. The highest BCUT2D eigenvalue weighted by Gasteiger charge is 2.30. The zero-order valence-electron chi connectivity index (χ0n) is 10.8. The average Bonchev–Trinajstić information content (AvgIpc) is 2.71. The first-order chi connectivity index (χ1) is 9.47. The van der Waals surface area contributed by atoms with Gasteiger partial charge in [-0.3, -0.25) is 9.59 Å². The number of rotatable bonds is 4. The molecule has 2 rings (SSSR count). The number of hydrogen-bond donors (Lipinski definition) is 1. The number of halogens is 2. The quantitative estimate of drug-likeness (QED) is 0.905. The van der Waals surface area contributed by atoms with E-state index in [-0.39, 0.29) is 17.2 Å². The van der Waals surface area contributed by atoms with Gasteiger partial charge in [-0.1, -0.05) is 0 Å².